The molecule has 0 aromatic carbocycles. The van der Waals surface area contributed by atoms with Crippen LogP contribution in [0.4, 0.5) is 22.0 Å². The van der Waals surface area contributed by atoms with E-state index >= 15 is 0 Å². The maximum atomic E-state index is 13.9. The highest BCUT2D eigenvalue weighted by atomic mass is 19.4. The predicted octanol–water partition coefficient (Wildman–Crippen LogP) is 1.82. The molecule has 0 bridgehead atoms. The average molecular weight is 276 g/mol. The van der Waals surface area contributed by atoms with Crippen molar-refractivity contribution in [2.75, 3.05) is 6.61 Å². The lowest BCUT2D eigenvalue weighted by Crippen LogP contribution is -2.76. The van der Waals surface area contributed by atoms with Crippen LogP contribution in [0.3, 0.4) is 0 Å². The minimum Gasteiger partial charge on any atom is -0.383 e. The first-order chi connectivity index (χ1) is 8.06. The van der Waals surface area contributed by atoms with Crippen molar-refractivity contribution < 1.29 is 36.9 Å². The van der Waals surface area contributed by atoms with E-state index in [4.69, 9.17) is 0 Å². The predicted molar refractivity (Wildman–Crippen MR) is 48.8 cm³/mol. The van der Waals surface area contributed by atoms with E-state index in [1.807, 2.05) is 0 Å². The molecule has 3 nitrogen and oxygen atoms in total. The lowest BCUT2D eigenvalue weighted by molar-refractivity contribution is -0.483. The third-order valence-electron chi connectivity index (χ3n) is 3.88. The molecule has 3 atom stereocenters. The Balaban J connectivity index is 2.45. The molecule has 2 N–H and O–H groups in total. The van der Waals surface area contributed by atoms with E-state index in [0.29, 0.717) is 6.42 Å². The van der Waals surface area contributed by atoms with E-state index in [1.165, 1.54) is 0 Å². The zero-order valence-corrected chi connectivity index (χ0v) is 9.31. The second-order valence-electron chi connectivity index (χ2n) is 4.89. The second kappa shape index (κ2) is 3.77. The highest BCUT2D eigenvalue weighted by molar-refractivity contribution is 5.11. The third kappa shape index (κ3) is 1.51. The third-order valence-corrected chi connectivity index (χ3v) is 3.88. The van der Waals surface area contributed by atoms with Crippen LogP contribution in [0, 0.1) is 5.92 Å². The molecular formula is C10H13F5O3. The summed E-state index contributed by atoms with van der Waals surface area (Å²) >= 11 is 0. The molecule has 2 fully saturated rings. The average Bonchev–Trinajstić information content (AvgIpc) is 2.24. The fourth-order valence-electron chi connectivity index (χ4n) is 2.73. The Kier molecular flexibility index (Phi) is 2.92. The molecule has 1 aliphatic heterocycles. The van der Waals surface area contributed by atoms with Gasteiger partial charge < -0.3 is 14.9 Å². The number of halogens is 5. The molecule has 18 heavy (non-hydrogen) atoms. The smallest absolute Gasteiger partial charge is 0.383 e. The zero-order chi connectivity index (χ0) is 13.8. The topological polar surface area (TPSA) is 49.7 Å². The number of ether oxygens (including phenoxy) is 1. The van der Waals surface area contributed by atoms with Crippen LogP contribution in [0.15, 0.2) is 0 Å². The van der Waals surface area contributed by atoms with Gasteiger partial charge in [0.05, 0.1) is 6.61 Å². The van der Waals surface area contributed by atoms with Crippen molar-refractivity contribution in [3.63, 3.8) is 0 Å². The largest absolute Gasteiger partial charge is 0.449 e. The Hall–Kier alpha value is -0.470. The van der Waals surface area contributed by atoms with Crippen molar-refractivity contribution in [3.8, 4) is 0 Å². The van der Waals surface area contributed by atoms with Gasteiger partial charge in [0.15, 0.2) is 0 Å². The maximum Gasteiger partial charge on any atom is 0.449 e. The van der Waals surface area contributed by atoms with Gasteiger partial charge in [0.1, 0.15) is 5.60 Å². The molecule has 0 spiro atoms. The van der Waals surface area contributed by atoms with Crippen LogP contribution in [0.25, 0.3) is 0 Å². The highest BCUT2D eigenvalue weighted by Gasteiger charge is 2.81. The second-order valence-corrected chi connectivity index (χ2v) is 4.89. The molecule has 1 saturated carbocycles. The minimum absolute atomic E-state index is 0.153. The van der Waals surface area contributed by atoms with Gasteiger partial charge in [-0.25, -0.2) is 0 Å². The van der Waals surface area contributed by atoms with Gasteiger partial charge in [-0.05, 0) is 12.8 Å². The summed E-state index contributed by atoms with van der Waals surface area (Å²) in [5.41, 5.74) is -2.87. The van der Waals surface area contributed by atoms with Gasteiger partial charge in [-0.15, -0.1) is 0 Å². The molecule has 0 aromatic rings. The van der Waals surface area contributed by atoms with Gasteiger partial charge in [-0.1, -0.05) is 12.8 Å². The first-order valence-electron chi connectivity index (χ1n) is 5.59. The Labute approximate surface area is 99.5 Å². The van der Waals surface area contributed by atoms with Crippen LogP contribution in [-0.2, 0) is 4.74 Å². The van der Waals surface area contributed by atoms with Gasteiger partial charge >= 0.3 is 17.9 Å². The summed E-state index contributed by atoms with van der Waals surface area (Å²) in [7, 11) is 0. The lowest BCUT2D eigenvalue weighted by Gasteiger charge is -2.54. The quantitative estimate of drug-likeness (QED) is 0.664. The molecule has 1 heterocycles. The van der Waals surface area contributed by atoms with Crippen molar-refractivity contribution in [1.29, 1.82) is 0 Å². The molecule has 2 rings (SSSR count). The van der Waals surface area contributed by atoms with Crippen molar-refractivity contribution in [2.24, 2.45) is 5.92 Å². The summed E-state index contributed by atoms with van der Waals surface area (Å²) in [6, 6.07) is 0. The molecule has 2 aliphatic rings. The molecule has 106 valence electrons. The Morgan fingerprint density at radius 1 is 1.11 bits per heavy atom. The summed E-state index contributed by atoms with van der Waals surface area (Å²) in [6.45, 7) is -0.734. The minimum atomic E-state index is -5.67. The van der Waals surface area contributed by atoms with Crippen molar-refractivity contribution >= 4 is 0 Å². The Morgan fingerprint density at radius 3 is 2.28 bits per heavy atom. The van der Waals surface area contributed by atoms with E-state index in [-0.39, 0.29) is 12.8 Å². The highest BCUT2D eigenvalue weighted by Crippen LogP contribution is 2.57. The van der Waals surface area contributed by atoms with Crippen molar-refractivity contribution in [2.45, 2.75) is 49.2 Å². The van der Waals surface area contributed by atoms with Gasteiger partial charge in [-0.3, -0.25) is 0 Å². The summed E-state index contributed by atoms with van der Waals surface area (Å²) < 4.78 is 69.6. The molecule has 0 radical (unpaired) electrons. The van der Waals surface area contributed by atoms with Crippen LogP contribution < -0.4 is 0 Å². The standard InChI is InChI=1S/C10H13F5O3/c11-8(12)7(16)4-2-1-3-6(7)5-18-9(8,17)10(13,14)15/h6,16-17H,1-5H2. The molecular weight excluding hydrogens is 263 g/mol. The summed E-state index contributed by atoms with van der Waals surface area (Å²) in [5, 5.41) is 19.1. The lowest BCUT2D eigenvalue weighted by atomic mass is 9.68. The van der Waals surface area contributed by atoms with Gasteiger partial charge in [-0.2, -0.15) is 22.0 Å². The van der Waals surface area contributed by atoms with E-state index in [2.05, 4.69) is 4.74 Å². The molecule has 1 aliphatic carbocycles. The number of aliphatic hydroxyl groups is 2. The van der Waals surface area contributed by atoms with Crippen LogP contribution in [0.2, 0.25) is 0 Å². The SMILES string of the molecule is OC12CCCCC1COC(O)(C(F)(F)F)C2(F)F. The fourth-order valence-corrected chi connectivity index (χ4v) is 2.73. The Morgan fingerprint density at radius 2 is 1.72 bits per heavy atom. The van der Waals surface area contributed by atoms with Crippen LogP contribution in [-0.4, -0.2) is 40.3 Å². The molecule has 8 heteroatoms. The monoisotopic (exact) mass is 276 g/mol. The van der Waals surface area contributed by atoms with Crippen molar-refractivity contribution in [3.05, 3.63) is 0 Å². The van der Waals surface area contributed by atoms with Crippen molar-refractivity contribution in [1.82, 2.24) is 0 Å². The van der Waals surface area contributed by atoms with Gasteiger partial charge in [0.25, 0.3) is 0 Å². The van der Waals surface area contributed by atoms with E-state index < -0.39 is 42.4 Å². The number of hydrogen-bond acceptors (Lipinski definition) is 3. The number of alkyl halides is 5. The zero-order valence-electron chi connectivity index (χ0n) is 9.31. The molecule has 1 saturated heterocycles. The summed E-state index contributed by atoms with van der Waals surface area (Å²) in [5.74, 6) is -10.5. The number of hydrogen-bond donors (Lipinski definition) is 2. The fraction of sp³-hybridized carbons (Fsp3) is 1.00. The first-order valence-corrected chi connectivity index (χ1v) is 5.59. The van der Waals surface area contributed by atoms with E-state index in [1.54, 1.807) is 0 Å². The normalized spacial score (nSPS) is 44.5. The van der Waals surface area contributed by atoms with Gasteiger partial charge in [0.2, 0.25) is 0 Å². The molecule has 0 aromatic heterocycles. The number of fused-ring (bicyclic) bond motifs is 1. The molecule has 0 amide bonds. The van der Waals surface area contributed by atoms with E-state index in [9.17, 15) is 32.2 Å². The Bertz CT molecular complexity index is 345. The summed E-state index contributed by atoms with van der Waals surface area (Å²) in [6.07, 6.45) is -5.27. The van der Waals surface area contributed by atoms with Gasteiger partial charge in [0, 0.05) is 5.92 Å². The van der Waals surface area contributed by atoms with Crippen LogP contribution >= 0.6 is 0 Å². The van der Waals surface area contributed by atoms with E-state index in [0.717, 1.165) is 0 Å². The van der Waals surface area contributed by atoms with Crippen LogP contribution in [0.5, 0.6) is 0 Å². The van der Waals surface area contributed by atoms with Crippen LogP contribution in [0.1, 0.15) is 25.7 Å². The summed E-state index contributed by atoms with van der Waals surface area (Å²) in [4.78, 5) is 0. The first kappa shape index (κ1) is 14.0. The molecule has 3 unspecified atom stereocenters. The number of rotatable bonds is 0. The maximum absolute atomic E-state index is 13.9.